The molecule has 3 fully saturated rings. The Morgan fingerprint density at radius 2 is 2.21 bits per heavy atom. The highest BCUT2D eigenvalue weighted by atomic mass is 16.5. The molecule has 160 valence electrons. The van der Waals surface area contributed by atoms with Crippen molar-refractivity contribution in [1.29, 1.82) is 0 Å². The number of carbonyl (C=O) groups is 2. The predicted molar refractivity (Wildman–Crippen MR) is 106 cm³/mol. The number of nitrogens with zero attached hydrogens (tertiary/aromatic N) is 3. The average Bonchev–Trinajstić information content (AvgIpc) is 3.11. The molecule has 4 heterocycles. The zero-order valence-electron chi connectivity index (χ0n) is 17.4. The van der Waals surface area contributed by atoms with Gasteiger partial charge in [0.25, 0.3) is 0 Å². The van der Waals surface area contributed by atoms with Gasteiger partial charge < -0.3 is 19.5 Å². The van der Waals surface area contributed by atoms with Crippen LogP contribution in [0.4, 0.5) is 0 Å². The average molecular weight is 405 g/mol. The van der Waals surface area contributed by atoms with E-state index in [1.54, 1.807) is 7.11 Å². The highest BCUT2D eigenvalue weighted by molar-refractivity contribution is 5.78. The smallest absolute Gasteiger partial charge is 0.223 e. The van der Waals surface area contributed by atoms with Crippen molar-refractivity contribution in [3.63, 3.8) is 0 Å². The molecular formula is C21H32N4O4. The number of aryl methyl sites for hydroxylation is 1. The van der Waals surface area contributed by atoms with Crippen molar-refractivity contribution in [3.8, 4) is 0 Å². The molecule has 1 N–H and O–H groups in total. The van der Waals surface area contributed by atoms with E-state index in [4.69, 9.17) is 9.26 Å². The van der Waals surface area contributed by atoms with Crippen molar-refractivity contribution < 1.29 is 18.8 Å². The number of aromatic nitrogens is 1. The number of hydrogen-bond donors (Lipinski definition) is 1. The fraction of sp³-hybridized carbons (Fsp3) is 0.762. The molecule has 4 rings (SSSR count). The van der Waals surface area contributed by atoms with Crippen molar-refractivity contribution in [1.82, 2.24) is 20.3 Å². The summed E-state index contributed by atoms with van der Waals surface area (Å²) in [5, 5.41) is 7.06. The van der Waals surface area contributed by atoms with E-state index in [-0.39, 0.29) is 23.9 Å². The molecule has 0 aromatic carbocycles. The van der Waals surface area contributed by atoms with Crippen molar-refractivity contribution >= 4 is 11.8 Å². The zero-order chi connectivity index (χ0) is 20.4. The topological polar surface area (TPSA) is 87.9 Å². The molecule has 1 aromatic heterocycles. The minimum Gasteiger partial charge on any atom is -0.384 e. The van der Waals surface area contributed by atoms with E-state index in [0.717, 1.165) is 50.4 Å². The van der Waals surface area contributed by atoms with E-state index in [2.05, 4.69) is 20.3 Å². The molecule has 4 atom stereocenters. The monoisotopic (exact) mass is 404 g/mol. The van der Waals surface area contributed by atoms with Crippen molar-refractivity contribution in [2.24, 2.45) is 11.8 Å². The Balaban J connectivity index is 1.47. The van der Waals surface area contributed by atoms with E-state index < -0.39 is 0 Å². The Kier molecular flexibility index (Phi) is 6.20. The first kappa shape index (κ1) is 20.3. The maximum Gasteiger partial charge on any atom is 0.223 e. The summed E-state index contributed by atoms with van der Waals surface area (Å²) >= 11 is 0. The van der Waals surface area contributed by atoms with Gasteiger partial charge in [-0.1, -0.05) is 5.16 Å². The van der Waals surface area contributed by atoms with Gasteiger partial charge in [-0.2, -0.15) is 0 Å². The van der Waals surface area contributed by atoms with Crippen LogP contribution in [0.3, 0.4) is 0 Å². The summed E-state index contributed by atoms with van der Waals surface area (Å²) < 4.78 is 10.4. The highest BCUT2D eigenvalue weighted by Gasteiger charge is 2.49. The van der Waals surface area contributed by atoms with Gasteiger partial charge in [-0.25, -0.2) is 0 Å². The molecule has 2 amide bonds. The number of hydrogen-bond acceptors (Lipinski definition) is 6. The highest BCUT2D eigenvalue weighted by Crippen LogP contribution is 2.41. The standard InChI is InChI=1S/C21H32N4O4/c1-14-8-17(29-23-14)13-24-11-15-9-16(12-24)19(10-22-20(26)6-7-28-2)25-18(15)4-3-5-21(25)27/h8,15-16,18-19H,3-7,9-13H2,1-2H3,(H,22,26)/t15-,16+,18+,19+/m1/s1. The predicted octanol–water partition coefficient (Wildman–Crippen LogP) is 1.34. The Hall–Kier alpha value is -1.93. The van der Waals surface area contributed by atoms with Gasteiger partial charge >= 0.3 is 0 Å². The van der Waals surface area contributed by atoms with Crippen molar-refractivity contribution in [2.75, 3.05) is 33.4 Å². The number of nitrogens with one attached hydrogen (secondary N) is 1. The zero-order valence-corrected chi connectivity index (χ0v) is 17.4. The lowest BCUT2D eigenvalue weighted by molar-refractivity contribution is -0.153. The maximum absolute atomic E-state index is 12.8. The second kappa shape index (κ2) is 8.83. The fourth-order valence-electron chi connectivity index (χ4n) is 5.48. The number of piperidine rings is 3. The Bertz CT molecular complexity index is 736. The van der Waals surface area contributed by atoms with Gasteiger partial charge in [-0.15, -0.1) is 0 Å². The molecule has 1 aromatic rings. The van der Waals surface area contributed by atoms with E-state index in [1.165, 1.54) is 0 Å². The number of methoxy groups -OCH3 is 1. The van der Waals surface area contributed by atoms with Gasteiger partial charge in [0.2, 0.25) is 11.8 Å². The molecule has 29 heavy (non-hydrogen) atoms. The number of fused-ring (bicyclic) bond motifs is 4. The summed E-state index contributed by atoms with van der Waals surface area (Å²) in [5.74, 6) is 1.98. The second-order valence-electron chi connectivity index (χ2n) is 8.76. The van der Waals surface area contributed by atoms with Crippen molar-refractivity contribution in [2.45, 2.75) is 57.7 Å². The third kappa shape index (κ3) is 4.48. The number of amides is 2. The number of likely N-dealkylation sites (tertiary alicyclic amines) is 1. The molecule has 2 bridgehead atoms. The summed E-state index contributed by atoms with van der Waals surface area (Å²) in [7, 11) is 1.60. The number of ether oxygens (including phenoxy) is 1. The lowest BCUT2D eigenvalue weighted by Crippen LogP contribution is -2.67. The third-order valence-corrected chi connectivity index (χ3v) is 6.67. The summed E-state index contributed by atoms with van der Waals surface area (Å²) in [6, 6.07) is 2.34. The van der Waals surface area contributed by atoms with Crippen LogP contribution in [0.25, 0.3) is 0 Å². The van der Waals surface area contributed by atoms with Gasteiger partial charge in [-0.05, 0) is 38.0 Å². The van der Waals surface area contributed by atoms with Crippen LogP contribution < -0.4 is 5.32 Å². The molecule has 8 nitrogen and oxygen atoms in total. The van der Waals surface area contributed by atoms with E-state index in [0.29, 0.717) is 37.8 Å². The normalized spacial score (nSPS) is 29.6. The molecule has 0 radical (unpaired) electrons. The molecule has 3 aliphatic heterocycles. The van der Waals surface area contributed by atoms with E-state index in [1.807, 2.05) is 13.0 Å². The number of rotatable bonds is 7. The first-order valence-corrected chi connectivity index (χ1v) is 10.8. The van der Waals surface area contributed by atoms with Gasteiger partial charge in [0.15, 0.2) is 5.76 Å². The molecule has 8 heteroatoms. The number of carbonyl (C=O) groups excluding carboxylic acids is 2. The van der Waals surface area contributed by atoms with Gasteiger partial charge in [-0.3, -0.25) is 14.5 Å². The molecule has 0 unspecified atom stereocenters. The lowest BCUT2D eigenvalue weighted by atomic mass is 9.72. The first-order chi connectivity index (χ1) is 14.0. The van der Waals surface area contributed by atoms with Crippen LogP contribution in [0.5, 0.6) is 0 Å². The van der Waals surface area contributed by atoms with Crippen molar-refractivity contribution in [3.05, 3.63) is 17.5 Å². The van der Waals surface area contributed by atoms with E-state index in [9.17, 15) is 9.59 Å². The Labute approximate surface area is 171 Å². The molecule has 0 aliphatic carbocycles. The van der Waals surface area contributed by atoms with E-state index >= 15 is 0 Å². The van der Waals surface area contributed by atoms with Gasteiger partial charge in [0.05, 0.1) is 24.9 Å². The second-order valence-corrected chi connectivity index (χ2v) is 8.76. The van der Waals surface area contributed by atoms with Crippen LogP contribution in [-0.4, -0.2) is 72.2 Å². The molecule has 0 spiro atoms. The van der Waals surface area contributed by atoms with Crippen LogP contribution in [0.15, 0.2) is 10.6 Å². The quantitative estimate of drug-likeness (QED) is 0.738. The van der Waals surface area contributed by atoms with Crippen LogP contribution in [0, 0.1) is 18.8 Å². The minimum atomic E-state index is -0.0141. The molecular weight excluding hydrogens is 372 g/mol. The van der Waals surface area contributed by atoms with Crippen LogP contribution in [0.1, 0.15) is 43.6 Å². The summed E-state index contributed by atoms with van der Waals surface area (Å²) in [4.78, 5) is 29.5. The maximum atomic E-state index is 12.8. The molecule has 3 saturated heterocycles. The third-order valence-electron chi connectivity index (χ3n) is 6.67. The summed E-state index contributed by atoms with van der Waals surface area (Å²) in [5.41, 5.74) is 0.901. The summed E-state index contributed by atoms with van der Waals surface area (Å²) in [6.07, 6.45) is 4.14. The SMILES string of the molecule is COCCC(=O)NC[C@H]1[C@H]2C[C@H](CN(Cc3cc(C)no3)C2)[C@@H]2CCCC(=O)N21. The Morgan fingerprint density at radius 1 is 1.38 bits per heavy atom. The first-order valence-electron chi connectivity index (χ1n) is 10.8. The largest absolute Gasteiger partial charge is 0.384 e. The summed E-state index contributed by atoms with van der Waals surface area (Å²) in [6.45, 7) is 5.52. The van der Waals surface area contributed by atoms with Crippen LogP contribution >= 0.6 is 0 Å². The van der Waals surface area contributed by atoms with Crippen LogP contribution in [-0.2, 0) is 20.9 Å². The Morgan fingerprint density at radius 3 is 2.97 bits per heavy atom. The molecule has 3 aliphatic rings. The lowest BCUT2D eigenvalue weighted by Gasteiger charge is -2.56. The van der Waals surface area contributed by atoms with Gasteiger partial charge in [0, 0.05) is 51.7 Å². The fourth-order valence-corrected chi connectivity index (χ4v) is 5.48. The van der Waals surface area contributed by atoms with Crippen LogP contribution in [0.2, 0.25) is 0 Å². The van der Waals surface area contributed by atoms with Gasteiger partial charge in [0.1, 0.15) is 0 Å². The minimum absolute atomic E-state index is 0.0141. The molecule has 0 saturated carbocycles.